The van der Waals surface area contributed by atoms with Crippen LogP contribution in [0.2, 0.25) is 0 Å². The van der Waals surface area contributed by atoms with Crippen LogP contribution in [0.15, 0.2) is 48.5 Å². The lowest BCUT2D eigenvalue weighted by atomic mass is 10.1. The summed E-state index contributed by atoms with van der Waals surface area (Å²) in [6, 6.07) is 11.7. The van der Waals surface area contributed by atoms with Crippen molar-refractivity contribution in [3.05, 3.63) is 65.2 Å². The number of ether oxygens (including phenoxy) is 1. The molecule has 0 aliphatic carbocycles. The van der Waals surface area contributed by atoms with Crippen LogP contribution in [0.3, 0.4) is 0 Å². The molecule has 0 fully saturated rings. The summed E-state index contributed by atoms with van der Waals surface area (Å²) in [7, 11) is 0. The SMILES string of the molecule is CC(=O)NCc1ccc(C(=O)NC(C)c2ccc(OC(F)(F)F)cc2)cc1. The first-order valence-corrected chi connectivity index (χ1v) is 8.14. The number of hydrogen-bond acceptors (Lipinski definition) is 3. The summed E-state index contributed by atoms with van der Waals surface area (Å²) in [6.07, 6.45) is -4.74. The van der Waals surface area contributed by atoms with Crippen molar-refractivity contribution in [2.24, 2.45) is 0 Å². The fraction of sp³-hybridized carbons (Fsp3) is 0.263. The van der Waals surface area contributed by atoms with E-state index in [2.05, 4.69) is 15.4 Å². The van der Waals surface area contributed by atoms with Gasteiger partial charge in [-0.05, 0) is 42.3 Å². The molecule has 2 amide bonds. The molecule has 0 saturated carbocycles. The zero-order valence-electron chi connectivity index (χ0n) is 14.8. The maximum absolute atomic E-state index is 12.3. The van der Waals surface area contributed by atoms with Crippen molar-refractivity contribution in [1.82, 2.24) is 10.6 Å². The molecule has 2 rings (SSSR count). The lowest BCUT2D eigenvalue weighted by Crippen LogP contribution is -2.26. The van der Waals surface area contributed by atoms with E-state index in [9.17, 15) is 22.8 Å². The van der Waals surface area contributed by atoms with Crippen molar-refractivity contribution >= 4 is 11.8 Å². The zero-order valence-corrected chi connectivity index (χ0v) is 14.8. The molecule has 0 heterocycles. The lowest BCUT2D eigenvalue weighted by Gasteiger charge is -2.15. The van der Waals surface area contributed by atoms with Gasteiger partial charge in [0.05, 0.1) is 6.04 Å². The molecule has 0 bridgehead atoms. The Morgan fingerprint density at radius 1 is 1.04 bits per heavy atom. The Balaban J connectivity index is 1.95. The zero-order chi connectivity index (χ0) is 20.0. The largest absolute Gasteiger partial charge is 0.573 e. The van der Waals surface area contributed by atoms with Gasteiger partial charge in [-0.15, -0.1) is 13.2 Å². The molecule has 144 valence electrons. The van der Waals surface area contributed by atoms with Crippen LogP contribution >= 0.6 is 0 Å². The van der Waals surface area contributed by atoms with E-state index in [1.54, 1.807) is 31.2 Å². The van der Waals surface area contributed by atoms with E-state index in [-0.39, 0.29) is 17.6 Å². The van der Waals surface area contributed by atoms with Crippen molar-refractivity contribution in [2.45, 2.75) is 32.8 Å². The van der Waals surface area contributed by atoms with E-state index in [1.165, 1.54) is 31.2 Å². The summed E-state index contributed by atoms with van der Waals surface area (Å²) in [5, 5.41) is 5.44. The molecule has 2 N–H and O–H groups in total. The second-order valence-corrected chi connectivity index (χ2v) is 5.92. The van der Waals surface area contributed by atoms with E-state index in [4.69, 9.17) is 0 Å². The Morgan fingerprint density at radius 2 is 1.63 bits per heavy atom. The smallest absolute Gasteiger partial charge is 0.406 e. The van der Waals surface area contributed by atoms with Crippen molar-refractivity contribution in [3.63, 3.8) is 0 Å². The molecule has 1 unspecified atom stereocenters. The minimum atomic E-state index is -4.74. The first-order valence-electron chi connectivity index (χ1n) is 8.14. The number of nitrogens with one attached hydrogen (secondary N) is 2. The van der Waals surface area contributed by atoms with Crippen LogP contribution in [-0.4, -0.2) is 18.2 Å². The fourth-order valence-corrected chi connectivity index (χ4v) is 2.32. The summed E-state index contributed by atoms with van der Waals surface area (Å²) >= 11 is 0. The number of halogens is 3. The molecular weight excluding hydrogens is 361 g/mol. The van der Waals surface area contributed by atoms with Crippen molar-refractivity contribution in [1.29, 1.82) is 0 Å². The molecule has 0 aromatic heterocycles. The molecule has 0 radical (unpaired) electrons. The third-order valence-electron chi connectivity index (χ3n) is 3.72. The van der Waals surface area contributed by atoms with Gasteiger partial charge in [0.15, 0.2) is 0 Å². The quantitative estimate of drug-likeness (QED) is 0.803. The van der Waals surface area contributed by atoms with Gasteiger partial charge in [0.1, 0.15) is 5.75 Å². The molecule has 27 heavy (non-hydrogen) atoms. The number of amides is 2. The molecule has 0 aliphatic rings. The van der Waals surface area contributed by atoms with Crippen molar-refractivity contribution < 1.29 is 27.5 Å². The second-order valence-electron chi connectivity index (χ2n) is 5.92. The van der Waals surface area contributed by atoms with Crippen LogP contribution in [0.25, 0.3) is 0 Å². The number of carbonyl (C=O) groups excluding carboxylic acids is 2. The van der Waals surface area contributed by atoms with E-state index in [0.29, 0.717) is 17.7 Å². The summed E-state index contributed by atoms with van der Waals surface area (Å²) in [5.74, 6) is -0.777. The van der Waals surface area contributed by atoms with Gasteiger partial charge in [-0.3, -0.25) is 9.59 Å². The van der Waals surface area contributed by atoms with Gasteiger partial charge in [-0.25, -0.2) is 0 Å². The fourth-order valence-electron chi connectivity index (χ4n) is 2.32. The first-order chi connectivity index (χ1) is 12.6. The molecule has 0 spiro atoms. The molecule has 0 saturated heterocycles. The van der Waals surface area contributed by atoms with Crippen molar-refractivity contribution in [3.8, 4) is 5.75 Å². The lowest BCUT2D eigenvalue weighted by molar-refractivity contribution is -0.274. The molecule has 8 heteroatoms. The van der Waals surface area contributed by atoms with Crippen LogP contribution in [0.4, 0.5) is 13.2 Å². The van der Waals surface area contributed by atoms with E-state index in [1.807, 2.05) is 0 Å². The number of hydrogen-bond donors (Lipinski definition) is 2. The Morgan fingerprint density at radius 3 is 2.15 bits per heavy atom. The van der Waals surface area contributed by atoms with Gasteiger partial charge in [0, 0.05) is 19.0 Å². The topological polar surface area (TPSA) is 67.4 Å². The second kappa shape index (κ2) is 8.57. The van der Waals surface area contributed by atoms with Gasteiger partial charge in [-0.1, -0.05) is 24.3 Å². The Bertz CT molecular complexity index is 787. The molecular formula is C19H19F3N2O3. The normalized spacial score (nSPS) is 12.2. The Hall–Kier alpha value is -3.03. The molecule has 1 atom stereocenters. The number of carbonyl (C=O) groups is 2. The molecule has 0 aliphatic heterocycles. The predicted molar refractivity (Wildman–Crippen MR) is 93.0 cm³/mol. The van der Waals surface area contributed by atoms with Crippen LogP contribution in [0.1, 0.15) is 41.4 Å². The highest BCUT2D eigenvalue weighted by Gasteiger charge is 2.31. The minimum Gasteiger partial charge on any atom is -0.406 e. The van der Waals surface area contributed by atoms with Gasteiger partial charge in [0.25, 0.3) is 5.91 Å². The van der Waals surface area contributed by atoms with E-state index < -0.39 is 12.4 Å². The van der Waals surface area contributed by atoms with Gasteiger partial charge < -0.3 is 15.4 Å². The average Bonchev–Trinajstić information content (AvgIpc) is 2.59. The molecule has 2 aromatic carbocycles. The van der Waals surface area contributed by atoms with E-state index in [0.717, 1.165) is 5.56 Å². The number of alkyl halides is 3. The first kappa shape index (κ1) is 20.3. The van der Waals surface area contributed by atoms with Crippen LogP contribution < -0.4 is 15.4 Å². The molecule has 5 nitrogen and oxygen atoms in total. The standard InChI is InChI=1S/C19H19F3N2O3/c1-12(15-7-9-17(10-8-15)27-19(20,21)22)24-18(26)16-5-3-14(4-6-16)11-23-13(2)25/h3-10,12H,11H2,1-2H3,(H,23,25)(H,24,26). The summed E-state index contributed by atoms with van der Waals surface area (Å²) in [4.78, 5) is 23.2. The third kappa shape index (κ3) is 6.65. The maximum atomic E-state index is 12.3. The highest BCUT2D eigenvalue weighted by molar-refractivity contribution is 5.94. The van der Waals surface area contributed by atoms with Gasteiger partial charge >= 0.3 is 6.36 Å². The maximum Gasteiger partial charge on any atom is 0.573 e. The minimum absolute atomic E-state index is 0.141. The summed E-state index contributed by atoms with van der Waals surface area (Å²) < 4.78 is 40.3. The summed E-state index contributed by atoms with van der Waals surface area (Å²) in [5.41, 5.74) is 1.93. The third-order valence-corrected chi connectivity index (χ3v) is 3.72. The van der Waals surface area contributed by atoms with Crippen LogP contribution in [-0.2, 0) is 11.3 Å². The van der Waals surface area contributed by atoms with Gasteiger partial charge in [0.2, 0.25) is 5.91 Å². The molecule has 2 aromatic rings. The van der Waals surface area contributed by atoms with Crippen LogP contribution in [0.5, 0.6) is 5.75 Å². The van der Waals surface area contributed by atoms with Crippen molar-refractivity contribution in [2.75, 3.05) is 0 Å². The monoisotopic (exact) mass is 380 g/mol. The number of rotatable bonds is 6. The van der Waals surface area contributed by atoms with E-state index >= 15 is 0 Å². The Labute approximate surface area is 154 Å². The average molecular weight is 380 g/mol. The van der Waals surface area contributed by atoms with Gasteiger partial charge in [-0.2, -0.15) is 0 Å². The number of benzene rings is 2. The summed E-state index contributed by atoms with van der Waals surface area (Å²) in [6.45, 7) is 3.52. The Kier molecular flexibility index (Phi) is 6.44. The highest BCUT2D eigenvalue weighted by atomic mass is 19.4. The highest BCUT2D eigenvalue weighted by Crippen LogP contribution is 2.24. The van der Waals surface area contributed by atoms with Crippen LogP contribution in [0, 0.1) is 0 Å². The predicted octanol–water partition coefficient (Wildman–Crippen LogP) is 3.71.